The number of hydrogen-bond acceptors (Lipinski definition) is 5. The summed E-state index contributed by atoms with van der Waals surface area (Å²) in [5, 5.41) is 3.00. The maximum atomic E-state index is 12.9. The van der Waals surface area contributed by atoms with Crippen LogP contribution in [-0.4, -0.2) is 13.4 Å². The van der Waals surface area contributed by atoms with Crippen molar-refractivity contribution in [1.82, 2.24) is 4.98 Å². The van der Waals surface area contributed by atoms with Gasteiger partial charge in [0.05, 0.1) is 4.90 Å². The van der Waals surface area contributed by atoms with Gasteiger partial charge in [-0.2, -0.15) is 4.98 Å². The molecule has 3 aromatic rings. The maximum Gasteiger partial charge on any atom is 0.233 e. The van der Waals surface area contributed by atoms with Crippen LogP contribution in [0.4, 0.5) is 5.88 Å². The van der Waals surface area contributed by atoms with E-state index in [9.17, 15) is 8.42 Å². The number of benzene rings is 2. The van der Waals surface area contributed by atoms with Crippen molar-refractivity contribution >= 4 is 15.7 Å². The van der Waals surface area contributed by atoms with Crippen molar-refractivity contribution in [3.63, 3.8) is 0 Å². The molecular weight excluding hydrogens is 336 g/mol. The Morgan fingerprint density at radius 3 is 2.20 bits per heavy atom. The number of oxazole rings is 1. The lowest BCUT2D eigenvalue weighted by Crippen LogP contribution is -2.07. The van der Waals surface area contributed by atoms with Crippen LogP contribution in [0.25, 0.3) is 0 Å². The van der Waals surface area contributed by atoms with Crippen LogP contribution in [0, 0.1) is 0 Å². The van der Waals surface area contributed by atoms with Gasteiger partial charge >= 0.3 is 0 Å². The molecule has 130 valence electrons. The van der Waals surface area contributed by atoms with Gasteiger partial charge < -0.3 is 9.73 Å². The normalized spacial score (nSPS) is 11.6. The lowest BCUT2D eigenvalue weighted by Gasteiger charge is -2.06. The minimum absolute atomic E-state index is 0.0167. The Bertz CT molecular complexity index is 933. The van der Waals surface area contributed by atoms with E-state index >= 15 is 0 Å². The number of nitrogens with one attached hydrogen (secondary N) is 1. The summed E-state index contributed by atoms with van der Waals surface area (Å²) in [6.45, 7) is 4.27. The molecule has 0 aliphatic carbocycles. The summed E-state index contributed by atoms with van der Waals surface area (Å²) in [7, 11) is -3.75. The van der Waals surface area contributed by atoms with Crippen molar-refractivity contribution in [3.05, 3.63) is 72.1 Å². The van der Waals surface area contributed by atoms with Crippen molar-refractivity contribution in [2.24, 2.45) is 0 Å². The molecule has 1 aromatic heterocycles. The Morgan fingerprint density at radius 1 is 1.00 bits per heavy atom. The van der Waals surface area contributed by atoms with Gasteiger partial charge in [0.1, 0.15) is 0 Å². The van der Waals surface area contributed by atoms with Gasteiger partial charge in [-0.05, 0) is 17.7 Å². The Labute approximate surface area is 147 Å². The average molecular weight is 356 g/mol. The summed E-state index contributed by atoms with van der Waals surface area (Å²) in [5.41, 5.74) is 1.02. The lowest BCUT2D eigenvalue weighted by molar-refractivity contribution is 0.480. The number of sulfone groups is 1. The molecule has 0 bridgehead atoms. The zero-order chi connectivity index (χ0) is 17.9. The van der Waals surface area contributed by atoms with Crippen LogP contribution < -0.4 is 5.32 Å². The standard InChI is InChI=1S/C19H20N2O3S/c1-14(2)17-21-19(25(22,23)16-11-7-4-8-12-16)18(24-17)20-13-15-9-5-3-6-10-15/h3-12,14,20H,13H2,1-2H3. The summed E-state index contributed by atoms with van der Waals surface area (Å²) in [5.74, 6) is 0.554. The third-order valence-corrected chi connectivity index (χ3v) is 5.39. The minimum atomic E-state index is -3.75. The van der Waals surface area contributed by atoms with Gasteiger partial charge in [-0.25, -0.2) is 8.42 Å². The third-order valence-electron chi connectivity index (χ3n) is 3.71. The topological polar surface area (TPSA) is 72.2 Å². The molecule has 1 N–H and O–H groups in total. The highest BCUT2D eigenvalue weighted by Gasteiger charge is 2.28. The van der Waals surface area contributed by atoms with Gasteiger partial charge in [0.25, 0.3) is 0 Å². The molecule has 6 heteroatoms. The van der Waals surface area contributed by atoms with Gasteiger partial charge in [0.15, 0.2) is 0 Å². The first-order valence-corrected chi connectivity index (χ1v) is 9.55. The zero-order valence-electron chi connectivity index (χ0n) is 14.1. The molecule has 0 spiro atoms. The molecule has 0 aliphatic heterocycles. The van der Waals surface area contributed by atoms with Crippen LogP contribution in [0.1, 0.15) is 31.2 Å². The predicted molar refractivity (Wildman–Crippen MR) is 96.3 cm³/mol. The second-order valence-electron chi connectivity index (χ2n) is 6.00. The molecule has 25 heavy (non-hydrogen) atoms. The fourth-order valence-electron chi connectivity index (χ4n) is 2.35. The van der Waals surface area contributed by atoms with Crippen molar-refractivity contribution in [3.8, 4) is 0 Å². The van der Waals surface area contributed by atoms with Gasteiger partial charge in [-0.3, -0.25) is 0 Å². The fourth-order valence-corrected chi connectivity index (χ4v) is 3.66. The SMILES string of the molecule is CC(C)c1nc(S(=O)(=O)c2ccccc2)c(NCc2ccccc2)o1. The molecule has 2 aromatic carbocycles. The van der Waals surface area contributed by atoms with Crippen LogP contribution in [0.5, 0.6) is 0 Å². The van der Waals surface area contributed by atoms with Crippen LogP contribution in [0.2, 0.25) is 0 Å². The van der Waals surface area contributed by atoms with E-state index in [1.54, 1.807) is 30.3 Å². The Balaban J connectivity index is 1.98. The summed E-state index contributed by atoms with van der Waals surface area (Å²) in [6.07, 6.45) is 0. The molecule has 0 amide bonds. The second-order valence-corrected chi connectivity index (χ2v) is 7.86. The molecule has 0 atom stereocenters. The van der Waals surface area contributed by atoms with E-state index in [0.717, 1.165) is 5.56 Å². The molecule has 5 nitrogen and oxygen atoms in total. The van der Waals surface area contributed by atoms with E-state index in [-0.39, 0.29) is 21.7 Å². The Kier molecular flexibility index (Phi) is 4.90. The Morgan fingerprint density at radius 2 is 1.60 bits per heavy atom. The van der Waals surface area contributed by atoms with E-state index in [0.29, 0.717) is 12.4 Å². The van der Waals surface area contributed by atoms with E-state index in [1.807, 2.05) is 44.2 Å². The third kappa shape index (κ3) is 3.74. The molecule has 1 heterocycles. The fraction of sp³-hybridized carbons (Fsp3) is 0.211. The quantitative estimate of drug-likeness (QED) is 0.715. The van der Waals surface area contributed by atoms with Gasteiger partial charge in [0, 0.05) is 12.5 Å². The van der Waals surface area contributed by atoms with Crippen molar-refractivity contribution < 1.29 is 12.8 Å². The Hall–Kier alpha value is -2.60. The molecule has 0 aliphatic rings. The highest BCUT2D eigenvalue weighted by Crippen LogP contribution is 2.30. The van der Waals surface area contributed by atoms with Gasteiger partial charge in [-0.15, -0.1) is 0 Å². The van der Waals surface area contributed by atoms with Crippen molar-refractivity contribution in [2.45, 2.75) is 36.2 Å². The first-order valence-electron chi connectivity index (χ1n) is 8.07. The minimum Gasteiger partial charge on any atom is -0.424 e. The largest absolute Gasteiger partial charge is 0.424 e. The van der Waals surface area contributed by atoms with Crippen LogP contribution in [0.15, 0.2) is 75.0 Å². The average Bonchev–Trinajstić information content (AvgIpc) is 3.07. The van der Waals surface area contributed by atoms with Crippen LogP contribution in [0.3, 0.4) is 0 Å². The molecule has 3 rings (SSSR count). The lowest BCUT2D eigenvalue weighted by atomic mass is 10.2. The summed E-state index contributed by atoms with van der Waals surface area (Å²) < 4.78 is 31.6. The predicted octanol–water partition coefficient (Wildman–Crippen LogP) is 4.24. The highest BCUT2D eigenvalue weighted by atomic mass is 32.2. The number of nitrogens with zero attached hydrogens (tertiary/aromatic N) is 1. The molecular formula is C19H20N2O3S. The van der Waals surface area contributed by atoms with E-state index in [4.69, 9.17) is 4.42 Å². The summed E-state index contributed by atoms with van der Waals surface area (Å²) in [6, 6.07) is 18.0. The molecule has 0 saturated carbocycles. The summed E-state index contributed by atoms with van der Waals surface area (Å²) >= 11 is 0. The molecule has 0 saturated heterocycles. The maximum absolute atomic E-state index is 12.9. The summed E-state index contributed by atoms with van der Waals surface area (Å²) in [4.78, 5) is 4.45. The zero-order valence-corrected chi connectivity index (χ0v) is 15.0. The van der Waals surface area contributed by atoms with Crippen LogP contribution in [-0.2, 0) is 16.4 Å². The highest BCUT2D eigenvalue weighted by molar-refractivity contribution is 7.91. The second kappa shape index (κ2) is 7.11. The smallest absolute Gasteiger partial charge is 0.233 e. The van der Waals surface area contributed by atoms with Crippen molar-refractivity contribution in [1.29, 1.82) is 0 Å². The van der Waals surface area contributed by atoms with Crippen LogP contribution >= 0.6 is 0 Å². The molecule has 0 unspecified atom stereocenters. The van der Waals surface area contributed by atoms with E-state index in [1.165, 1.54) is 0 Å². The molecule has 0 fully saturated rings. The van der Waals surface area contributed by atoms with Gasteiger partial charge in [-0.1, -0.05) is 62.4 Å². The number of anilines is 1. The molecule has 0 radical (unpaired) electrons. The monoisotopic (exact) mass is 356 g/mol. The first-order chi connectivity index (χ1) is 12.0. The number of aromatic nitrogens is 1. The first kappa shape index (κ1) is 17.2. The van der Waals surface area contributed by atoms with E-state index in [2.05, 4.69) is 10.3 Å². The van der Waals surface area contributed by atoms with Crippen molar-refractivity contribution in [2.75, 3.05) is 5.32 Å². The van der Waals surface area contributed by atoms with E-state index < -0.39 is 9.84 Å². The van der Waals surface area contributed by atoms with Gasteiger partial charge in [0.2, 0.25) is 26.6 Å². The number of hydrogen-bond donors (Lipinski definition) is 1. The number of rotatable bonds is 6.